The maximum Gasteiger partial charge on any atom is 0.0772 e. The van der Waals surface area contributed by atoms with Gasteiger partial charge in [0.2, 0.25) is 0 Å². The van der Waals surface area contributed by atoms with E-state index in [9.17, 15) is 5.11 Å². The van der Waals surface area contributed by atoms with Crippen LogP contribution in [0.25, 0.3) is 10.1 Å². The van der Waals surface area contributed by atoms with Crippen molar-refractivity contribution in [1.29, 1.82) is 0 Å². The van der Waals surface area contributed by atoms with E-state index in [-0.39, 0.29) is 0 Å². The summed E-state index contributed by atoms with van der Waals surface area (Å²) in [6.07, 6.45) is 4.06. The number of rotatable bonds is 4. The van der Waals surface area contributed by atoms with Gasteiger partial charge >= 0.3 is 0 Å². The molecule has 0 amide bonds. The molecule has 0 aliphatic heterocycles. The van der Waals surface area contributed by atoms with Crippen LogP contribution in [0.3, 0.4) is 0 Å². The summed E-state index contributed by atoms with van der Waals surface area (Å²) in [5, 5.41) is 17.7. The molecule has 2 nitrogen and oxygen atoms in total. The number of hydrogen-bond acceptors (Lipinski definition) is 3. The van der Waals surface area contributed by atoms with Crippen molar-refractivity contribution >= 4 is 21.4 Å². The van der Waals surface area contributed by atoms with Crippen molar-refractivity contribution in [3.8, 4) is 0 Å². The van der Waals surface area contributed by atoms with E-state index in [1.807, 2.05) is 0 Å². The van der Waals surface area contributed by atoms with Gasteiger partial charge < -0.3 is 10.4 Å². The predicted molar refractivity (Wildman–Crippen MR) is 90.7 cm³/mol. The summed E-state index contributed by atoms with van der Waals surface area (Å²) in [5.74, 6) is 0. The minimum absolute atomic E-state index is 0.399. The zero-order valence-electron chi connectivity index (χ0n) is 13.0. The molecule has 1 aromatic carbocycles. The highest BCUT2D eigenvalue weighted by Gasteiger charge is 2.36. The molecule has 1 aromatic heterocycles. The molecular formula is C18H25NOS. The van der Waals surface area contributed by atoms with Crippen LogP contribution in [-0.2, 0) is 6.54 Å². The fourth-order valence-corrected chi connectivity index (χ4v) is 4.13. The number of aliphatic hydroxyl groups is 1. The molecule has 0 spiro atoms. The number of fused-ring (bicyclic) bond motifs is 1. The highest BCUT2D eigenvalue weighted by molar-refractivity contribution is 7.17. The molecule has 0 saturated heterocycles. The maximum absolute atomic E-state index is 10.7. The normalized spacial score (nSPS) is 20.7. The van der Waals surface area contributed by atoms with Crippen LogP contribution in [0.5, 0.6) is 0 Å². The molecule has 1 saturated carbocycles. The third-order valence-corrected chi connectivity index (χ3v) is 5.88. The number of thiophene rings is 1. The van der Waals surface area contributed by atoms with Crippen LogP contribution in [0, 0.1) is 5.41 Å². The van der Waals surface area contributed by atoms with E-state index in [0.29, 0.717) is 12.0 Å². The number of hydrogen-bond donors (Lipinski definition) is 2. The smallest absolute Gasteiger partial charge is 0.0772 e. The lowest BCUT2D eigenvalue weighted by Crippen LogP contribution is -2.44. The van der Waals surface area contributed by atoms with Gasteiger partial charge in [-0.3, -0.25) is 0 Å². The van der Waals surface area contributed by atoms with E-state index in [2.05, 4.69) is 48.8 Å². The Morgan fingerprint density at radius 2 is 1.86 bits per heavy atom. The Hall–Kier alpha value is -0.900. The zero-order chi connectivity index (χ0) is 14.9. The second-order valence-corrected chi connectivity index (χ2v) is 8.16. The summed E-state index contributed by atoms with van der Waals surface area (Å²) >= 11 is 1.80. The van der Waals surface area contributed by atoms with E-state index in [0.717, 1.165) is 32.2 Å². The molecule has 0 unspecified atom stereocenters. The van der Waals surface area contributed by atoms with Crippen LogP contribution in [0.4, 0.5) is 0 Å². The predicted octanol–water partition coefficient (Wildman–Crippen LogP) is 4.32. The standard InChI is InChI=1S/C18H25NOS/c1-17(2)7-9-18(20,10-8-17)13-19-11-14-12-21-16-6-4-3-5-15(14)16/h3-6,12,19-20H,7-11,13H2,1-2H3. The minimum atomic E-state index is -0.513. The minimum Gasteiger partial charge on any atom is -0.389 e. The third kappa shape index (κ3) is 3.47. The Balaban J connectivity index is 1.57. The molecule has 21 heavy (non-hydrogen) atoms. The molecule has 0 radical (unpaired) electrons. The van der Waals surface area contributed by atoms with Crippen LogP contribution in [0.1, 0.15) is 45.1 Å². The first-order chi connectivity index (χ1) is 9.98. The van der Waals surface area contributed by atoms with Crippen LogP contribution < -0.4 is 5.32 Å². The van der Waals surface area contributed by atoms with Crippen molar-refractivity contribution in [3.05, 3.63) is 35.2 Å². The van der Waals surface area contributed by atoms with E-state index >= 15 is 0 Å². The molecule has 114 valence electrons. The van der Waals surface area contributed by atoms with Gasteiger partial charge in [-0.1, -0.05) is 32.0 Å². The van der Waals surface area contributed by atoms with Gasteiger partial charge in [0.1, 0.15) is 0 Å². The first-order valence-electron chi connectivity index (χ1n) is 7.86. The van der Waals surface area contributed by atoms with E-state index in [1.54, 1.807) is 11.3 Å². The molecule has 0 atom stereocenters. The maximum atomic E-state index is 10.7. The van der Waals surface area contributed by atoms with Gasteiger partial charge in [0.25, 0.3) is 0 Å². The van der Waals surface area contributed by atoms with Crippen molar-refractivity contribution in [2.45, 2.75) is 51.7 Å². The monoisotopic (exact) mass is 303 g/mol. The van der Waals surface area contributed by atoms with Gasteiger partial charge in [0, 0.05) is 17.8 Å². The summed E-state index contributed by atoms with van der Waals surface area (Å²) in [6.45, 7) is 6.15. The first-order valence-corrected chi connectivity index (χ1v) is 8.74. The quantitative estimate of drug-likeness (QED) is 0.881. The highest BCUT2D eigenvalue weighted by atomic mass is 32.1. The third-order valence-electron chi connectivity index (χ3n) is 4.86. The van der Waals surface area contributed by atoms with E-state index in [1.165, 1.54) is 15.6 Å². The van der Waals surface area contributed by atoms with Crippen LogP contribution in [-0.4, -0.2) is 17.3 Å². The molecular weight excluding hydrogens is 278 g/mol. The summed E-state index contributed by atoms with van der Waals surface area (Å²) in [5.41, 5.74) is 1.23. The summed E-state index contributed by atoms with van der Waals surface area (Å²) in [6, 6.07) is 8.53. The summed E-state index contributed by atoms with van der Waals surface area (Å²) < 4.78 is 1.34. The number of benzene rings is 1. The lowest BCUT2D eigenvalue weighted by molar-refractivity contribution is -0.0244. The van der Waals surface area contributed by atoms with Crippen LogP contribution in [0.2, 0.25) is 0 Å². The average Bonchev–Trinajstić information content (AvgIpc) is 2.87. The molecule has 3 rings (SSSR count). The Kier molecular flexibility index (Phi) is 4.08. The molecule has 2 aromatic rings. The van der Waals surface area contributed by atoms with Gasteiger partial charge in [0.15, 0.2) is 0 Å². The van der Waals surface area contributed by atoms with Crippen LogP contribution in [0.15, 0.2) is 29.6 Å². The van der Waals surface area contributed by atoms with Gasteiger partial charge in [0.05, 0.1) is 5.60 Å². The lowest BCUT2D eigenvalue weighted by Gasteiger charge is -2.40. The molecule has 3 heteroatoms. The largest absolute Gasteiger partial charge is 0.389 e. The molecule has 1 aliphatic rings. The SMILES string of the molecule is CC1(C)CCC(O)(CNCc2csc3ccccc23)CC1. The molecule has 1 fully saturated rings. The zero-order valence-corrected chi connectivity index (χ0v) is 13.8. The molecule has 1 heterocycles. The molecule has 0 bridgehead atoms. The molecule has 2 N–H and O–H groups in total. The number of nitrogens with one attached hydrogen (secondary N) is 1. The van der Waals surface area contributed by atoms with Crippen molar-refractivity contribution in [2.75, 3.05) is 6.54 Å². The van der Waals surface area contributed by atoms with Crippen molar-refractivity contribution in [1.82, 2.24) is 5.32 Å². The lowest BCUT2D eigenvalue weighted by atomic mass is 9.71. The van der Waals surface area contributed by atoms with Crippen molar-refractivity contribution in [2.24, 2.45) is 5.41 Å². The topological polar surface area (TPSA) is 32.3 Å². The van der Waals surface area contributed by atoms with E-state index in [4.69, 9.17) is 0 Å². The first kappa shape index (κ1) is 15.0. The van der Waals surface area contributed by atoms with Gasteiger partial charge in [-0.2, -0.15) is 0 Å². The fourth-order valence-electron chi connectivity index (χ4n) is 3.17. The summed E-state index contributed by atoms with van der Waals surface area (Å²) in [4.78, 5) is 0. The average molecular weight is 303 g/mol. The van der Waals surface area contributed by atoms with Gasteiger partial charge in [-0.25, -0.2) is 0 Å². The van der Waals surface area contributed by atoms with Crippen LogP contribution >= 0.6 is 11.3 Å². The molecule has 1 aliphatic carbocycles. The Morgan fingerprint density at radius 3 is 2.62 bits per heavy atom. The highest BCUT2D eigenvalue weighted by Crippen LogP contribution is 2.39. The van der Waals surface area contributed by atoms with Gasteiger partial charge in [-0.05, 0) is 53.5 Å². The Bertz CT molecular complexity index is 606. The Labute approximate surface area is 131 Å². The van der Waals surface area contributed by atoms with Crippen molar-refractivity contribution < 1.29 is 5.11 Å². The van der Waals surface area contributed by atoms with Gasteiger partial charge in [-0.15, -0.1) is 11.3 Å². The van der Waals surface area contributed by atoms with E-state index < -0.39 is 5.60 Å². The summed E-state index contributed by atoms with van der Waals surface area (Å²) in [7, 11) is 0. The fraction of sp³-hybridized carbons (Fsp3) is 0.556. The Morgan fingerprint density at radius 1 is 1.14 bits per heavy atom. The van der Waals surface area contributed by atoms with Crippen molar-refractivity contribution in [3.63, 3.8) is 0 Å². The second kappa shape index (κ2) is 5.71. The second-order valence-electron chi connectivity index (χ2n) is 7.25.